The minimum absolute atomic E-state index is 0.465. The Balaban J connectivity index is 1.55. The summed E-state index contributed by atoms with van der Waals surface area (Å²) in [5.41, 5.74) is 0.465. The van der Waals surface area contributed by atoms with Gasteiger partial charge >= 0.3 is 0 Å². The van der Waals surface area contributed by atoms with Crippen LogP contribution in [0.5, 0.6) is 0 Å². The predicted octanol–water partition coefficient (Wildman–Crippen LogP) is 2.80. The molecule has 116 valence electrons. The zero-order valence-electron chi connectivity index (χ0n) is 13.2. The number of rotatable bonds is 6. The molecule has 0 radical (unpaired) electrons. The fourth-order valence-corrected chi connectivity index (χ4v) is 4.02. The average Bonchev–Trinajstić information content (AvgIpc) is 3.31. The topological polar surface area (TPSA) is 24.5 Å². The van der Waals surface area contributed by atoms with E-state index in [1.54, 1.807) is 0 Å². The van der Waals surface area contributed by atoms with E-state index in [1.807, 2.05) is 0 Å². The summed E-state index contributed by atoms with van der Waals surface area (Å²) < 4.78 is 5.63. The van der Waals surface area contributed by atoms with Crippen molar-refractivity contribution in [1.29, 1.82) is 0 Å². The number of nitrogens with one attached hydrogen (secondary N) is 1. The van der Waals surface area contributed by atoms with Crippen LogP contribution in [0.2, 0.25) is 0 Å². The second-order valence-electron chi connectivity index (χ2n) is 7.47. The zero-order valence-corrected chi connectivity index (χ0v) is 13.2. The smallest absolute Gasteiger partial charge is 0.0472 e. The Morgan fingerprint density at radius 3 is 2.40 bits per heavy atom. The largest absolute Gasteiger partial charge is 0.381 e. The van der Waals surface area contributed by atoms with E-state index in [0.717, 1.165) is 25.3 Å². The van der Waals surface area contributed by atoms with Gasteiger partial charge in [-0.15, -0.1) is 0 Å². The van der Waals surface area contributed by atoms with E-state index < -0.39 is 0 Å². The van der Waals surface area contributed by atoms with E-state index in [0.29, 0.717) is 5.41 Å². The van der Waals surface area contributed by atoms with Crippen LogP contribution in [-0.2, 0) is 4.74 Å². The first-order valence-corrected chi connectivity index (χ1v) is 8.79. The predicted molar refractivity (Wildman–Crippen MR) is 83.0 cm³/mol. The summed E-state index contributed by atoms with van der Waals surface area (Å²) >= 11 is 0. The van der Waals surface area contributed by atoms with Crippen molar-refractivity contribution in [2.75, 3.05) is 33.4 Å². The summed E-state index contributed by atoms with van der Waals surface area (Å²) in [6.07, 6.45) is 12.4. The fraction of sp³-hybridized carbons (Fsp3) is 1.00. The van der Waals surface area contributed by atoms with Crippen molar-refractivity contribution >= 4 is 0 Å². The monoisotopic (exact) mass is 280 g/mol. The van der Waals surface area contributed by atoms with Gasteiger partial charge < -0.3 is 15.0 Å². The van der Waals surface area contributed by atoms with Crippen molar-refractivity contribution in [2.45, 2.75) is 69.9 Å². The lowest BCUT2D eigenvalue weighted by atomic mass is 9.78. The van der Waals surface area contributed by atoms with Gasteiger partial charge in [0.2, 0.25) is 0 Å². The maximum absolute atomic E-state index is 5.63. The molecule has 0 bridgehead atoms. The van der Waals surface area contributed by atoms with Gasteiger partial charge in [0, 0.05) is 38.4 Å². The number of hydrogen-bond donors (Lipinski definition) is 1. The van der Waals surface area contributed by atoms with Crippen molar-refractivity contribution in [2.24, 2.45) is 5.41 Å². The first-order chi connectivity index (χ1) is 9.77. The molecule has 1 heterocycles. The van der Waals surface area contributed by atoms with E-state index >= 15 is 0 Å². The standard InChI is InChI=1S/C17H32N2O/c1-19(16-5-3-2-4-6-16)14-17(9-11-20-12-10-17)13-18-15-7-8-15/h15-16,18H,2-14H2,1H3. The molecule has 1 aliphatic heterocycles. The molecule has 2 aliphatic carbocycles. The molecule has 0 amide bonds. The Bertz CT molecular complexity index is 291. The highest BCUT2D eigenvalue weighted by atomic mass is 16.5. The van der Waals surface area contributed by atoms with E-state index in [1.165, 1.54) is 70.9 Å². The molecule has 3 rings (SSSR count). The molecule has 20 heavy (non-hydrogen) atoms. The molecule has 3 heteroatoms. The summed E-state index contributed by atoms with van der Waals surface area (Å²) in [5, 5.41) is 3.79. The Morgan fingerprint density at radius 1 is 1.05 bits per heavy atom. The quantitative estimate of drug-likeness (QED) is 0.810. The van der Waals surface area contributed by atoms with E-state index in [-0.39, 0.29) is 0 Å². The number of ether oxygens (including phenoxy) is 1. The summed E-state index contributed by atoms with van der Waals surface area (Å²) in [4.78, 5) is 2.68. The molecule has 0 spiro atoms. The van der Waals surface area contributed by atoms with Crippen LogP contribution in [0.15, 0.2) is 0 Å². The highest BCUT2D eigenvalue weighted by molar-refractivity contribution is 4.92. The second-order valence-corrected chi connectivity index (χ2v) is 7.47. The first kappa shape index (κ1) is 14.8. The minimum atomic E-state index is 0.465. The molecule has 3 fully saturated rings. The van der Waals surface area contributed by atoms with Gasteiger partial charge in [0.25, 0.3) is 0 Å². The maximum atomic E-state index is 5.63. The van der Waals surface area contributed by atoms with Gasteiger partial charge in [-0.1, -0.05) is 19.3 Å². The van der Waals surface area contributed by atoms with Crippen molar-refractivity contribution in [3.63, 3.8) is 0 Å². The molecule has 1 N–H and O–H groups in total. The molecule has 1 saturated heterocycles. The van der Waals surface area contributed by atoms with Crippen LogP contribution in [-0.4, -0.2) is 50.3 Å². The summed E-state index contributed by atoms with van der Waals surface area (Å²) in [7, 11) is 2.37. The molecular formula is C17H32N2O. The minimum Gasteiger partial charge on any atom is -0.381 e. The SMILES string of the molecule is CN(CC1(CNC2CC2)CCOCC1)C1CCCCC1. The van der Waals surface area contributed by atoms with Crippen molar-refractivity contribution in [3.05, 3.63) is 0 Å². The second kappa shape index (κ2) is 6.76. The van der Waals surface area contributed by atoms with Crippen LogP contribution in [0.25, 0.3) is 0 Å². The van der Waals surface area contributed by atoms with Crippen LogP contribution >= 0.6 is 0 Å². The van der Waals surface area contributed by atoms with Crippen molar-refractivity contribution in [3.8, 4) is 0 Å². The molecular weight excluding hydrogens is 248 g/mol. The van der Waals surface area contributed by atoms with Crippen LogP contribution in [0, 0.1) is 5.41 Å². The zero-order chi connectivity index (χ0) is 13.8. The van der Waals surface area contributed by atoms with Crippen LogP contribution in [0.4, 0.5) is 0 Å². The third-order valence-electron chi connectivity index (χ3n) is 5.68. The number of nitrogens with zero attached hydrogens (tertiary/aromatic N) is 1. The Labute approximate surface area is 124 Å². The lowest BCUT2D eigenvalue weighted by Crippen LogP contribution is -2.49. The van der Waals surface area contributed by atoms with Gasteiger partial charge in [-0.25, -0.2) is 0 Å². The Hall–Kier alpha value is -0.120. The van der Waals surface area contributed by atoms with Crippen LogP contribution in [0.1, 0.15) is 57.8 Å². The third kappa shape index (κ3) is 3.96. The number of hydrogen-bond acceptors (Lipinski definition) is 3. The molecule has 0 unspecified atom stereocenters. The highest BCUT2D eigenvalue weighted by Crippen LogP contribution is 2.34. The van der Waals surface area contributed by atoms with Gasteiger partial charge in [-0.2, -0.15) is 0 Å². The van der Waals surface area contributed by atoms with Crippen molar-refractivity contribution < 1.29 is 4.74 Å². The molecule has 0 atom stereocenters. The molecule has 0 aromatic carbocycles. The molecule has 2 saturated carbocycles. The molecule has 3 nitrogen and oxygen atoms in total. The van der Waals surface area contributed by atoms with E-state index in [4.69, 9.17) is 4.74 Å². The Kier molecular flexibility index (Phi) is 5.00. The van der Waals surface area contributed by atoms with Crippen LogP contribution < -0.4 is 5.32 Å². The van der Waals surface area contributed by atoms with E-state index in [9.17, 15) is 0 Å². The average molecular weight is 280 g/mol. The van der Waals surface area contributed by atoms with Gasteiger partial charge in [-0.3, -0.25) is 0 Å². The summed E-state index contributed by atoms with van der Waals surface area (Å²) in [6.45, 7) is 4.40. The third-order valence-corrected chi connectivity index (χ3v) is 5.68. The van der Waals surface area contributed by atoms with Crippen molar-refractivity contribution in [1.82, 2.24) is 10.2 Å². The first-order valence-electron chi connectivity index (χ1n) is 8.79. The Morgan fingerprint density at radius 2 is 1.75 bits per heavy atom. The molecule has 3 aliphatic rings. The van der Waals surface area contributed by atoms with E-state index in [2.05, 4.69) is 17.3 Å². The highest BCUT2D eigenvalue weighted by Gasteiger charge is 2.36. The molecule has 0 aromatic rings. The van der Waals surface area contributed by atoms with Gasteiger partial charge in [-0.05, 0) is 51.0 Å². The maximum Gasteiger partial charge on any atom is 0.0472 e. The van der Waals surface area contributed by atoms with Gasteiger partial charge in [0.1, 0.15) is 0 Å². The summed E-state index contributed by atoms with van der Waals surface area (Å²) in [5.74, 6) is 0. The van der Waals surface area contributed by atoms with Gasteiger partial charge in [0.05, 0.1) is 0 Å². The normalized spacial score (nSPS) is 27.9. The lowest BCUT2D eigenvalue weighted by Gasteiger charge is -2.43. The fourth-order valence-electron chi connectivity index (χ4n) is 4.02. The summed E-state index contributed by atoms with van der Waals surface area (Å²) in [6, 6.07) is 1.67. The van der Waals surface area contributed by atoms with Gasteiger partial charge in [0.15, 0.2) is 0 Å². The lowest BCUT2D eigenvalue weighted by molar-refractivity contribution is -0.00944. The van der Waals surface area contributed by atoms with Crippen LogP contribution in [0.3, 0.4) is 0 Å². The molecule has 0 aromatic heterocycles.